The molecule has 0 atom stereocenters. The van der Waals surface area contributed by atoms with E-state index in [1.807, 2.05) is 0 Å². The molecule has 98 valence electrons. The van der Waals surface area contributed by atoms with E-state index in [-0.39, 0.29) is 5.69 Å². The minimum atomic E-state index is -0.507. The van der Waals surface area contributed by atoms with Gasteiger partial charge >= 0.3 is 0 Å². The molecule has 2 aromatic rings. The van der Waals surface area contributed by atoms with Gasteiger partial charge in [-0.05, 0) is 52.3 Å². The molecule has 3 N–H and O–H groups in total. The van der Waals surface area contributed by atoms with E-state index in [0.717, 1.165) is 0 Å². The van der Waals surface area contributed by atoms with Gasteiger partial charge in [0.25, 0.3) is 5.91 Å². The molecule has 0 saturated heterocycles. The van der Waals surface area contributed by atoms with Crippen molar-refractivity contribution in [2.24, 2.45) is 0 Å². The molecule has 2 rings (SSSR count). The number of nitrogens with two attached hydrogens (primary N) is 1. The Bertz CT molecular complexity index is 647. The predicted octanol–water partition coefficient (Wildman–Crippen LogP) is 4.19. The molecule has 0 aliphatic heterocycles. The number of nitrogens with one attached hydrogen (secondary N) is 1. The number of benzene rings is 2. The zero-order chi connectivity index (χ0) is 14.0. The van der Waals surface area contributed by atoms with Gasteiger partial charge in [-0.1, -0.05) is 15.9 Å². The Morgan fingerprint density at radius 2 is 1.89 bits per heavy atom. The number of carbonyl (C=O) groups is 1. The quantitative estimate of drug-likeness (QED) is 0.759. The lowest BCUT2D eigenvalue weighted by molar-refractivity contribution is 0.102. The lowest BCUT2D eigenvalue weighted by atomic mass is 10.2. The van der Waals surface area contributed by atoms with Crippen LogP contribution < -0.4 is 11.1 Å². The first-order chi connectivity index (χ1) is 8.97. The molecule has 0 aliphatic rings. The average molecular weight is 388 g/mol. The summed E-state index contributed by atoms with van der Waals surface area (Å²) in [5, 5.41) is 2.49. The Hall–Kier alpha value is -1.40. The largest absolute Gasteiger partial charge is 0.398 e. The average Bonchev–Trinajstić information content (AvgIpc) is 2.36. The highest BCUT2D eigenvalue weighted by Gasteiger charge is 2.10. The summed E-state index contributed by atoms with van der Waals surface area (Å²) in [7, 11) is 0. The lowest BCUT2D eigenvalue weighted by Crippen LogP contribution is -2.13. The highest BCUT2D eigenvalue weighted by molar-refractivity contribution is 9.10. The molecule has 19 heavy (non-hydrogen) atoms. The third-order valence-electron chi connectivity index (χ3n) is 2.44. The first-order valence-electron chi connectivity index (χ1n) is 5.29. The van der Waals surface area contributed by atoms with E-state index in [4.69, 9.17) is 5.73 Å². The maximum absolute atomic E-state index is 13.6. The van der Waals surface area contributed by atoms with E-state index in [0.29, 0.717) is 20.2 Å². The molecule has 0 spiro atoms. The third kappa shape index (κ3) is 3.33. The number of nitrogen functional groups attached to an aromatic ring is 1. The number of hydrogen-bond donors (Lipinski definition) is 2. The van der Waals surface area contributed by atoms with Gasteiger partial charge in [0, 0.05) is 20.2 Å². The van der Waals surface area contributed by atoms with E-state index in [1.54, 1.807) is 18.2 Å². The molecule has 0 aromatic heterocycles. The molecule has 3 nitrogen and oxygen atoms in total. The van der Waals surface area contributed by atoms with Crippen LogP contribution in [0.4, 0.5) is 15.8 Å². The van der Waals surface area contributed by atoms with Crippen LogP contribution in [0.15, 0.2) is 45.3 Å². The summed E-state index contributed by atoms with van der Waals surface area (Å²) in [6, 6.07) is 9.21. The highest BCUT2D eigenvalue weighted by Crippen LogP contribution is 2.22. The topological polar surface area (TPSA) is 55.1 Å². The van der Waals surface area contributed by atoms with Crippen LogP contribution in [0.1, 0.15) is 10.4 Å². The van der Waals surface area contributed by atoms with Gasteiger partial charge in [-0.15, -0.1) is 0 Å². The zero-order valence-electron chi connectivity index (χ0n) is 9.58. The van der Waals surface area contributed by atoms with Gasteiger partial charge in [-0.3, -0.25) is 4.79 Å². The van der Waals surface area contributed by atoms with Crippen LogP contribution in [-0.2, 0) is 0 Å². The molecular weight excluding hydrogens is 379 g/mol. The van der Waals surface area contributed by atoms with Crippen molar-refractivity contribution in [1.29, 1.82) is 0 Å². The van der Waals surface area contributed by atoms with Crippen LogP contribution in [-0.4, -0.2) is 5.91 Å². The number of hydrogen-bond acceptors (Lipinski definition) is 2. The monoisotopic (exact) mass is 386 g/mol. The van der Waals surface area contributed by atoms with Crippen molar-refractivity contribution < 1.29 is 9.18 Å². The highest BCUT2D eigenvalue weighted by atomic mass is 79.9. The van der Waals surface area contributed by atoms with Gasteiger partial charge in [-0.25, -0.2) is 4.39 Å². The van der Waals surface area contributed by atoms with E-state index in [9.17, 15) is 9.18 Å². The van der Waals surface area contributed by atoms with Gasteiger partial charge in [-0.2, -0.15) is 0 Å². The second-order valence-electron chi connectivity index (χ2n) is 3.81. The van der Waals surface area contributed by atoms with E-state index in [1.165, 1.54) is 18.2 Å². The molecule has 0 unspecified atom stereocenters. The van der Waals surface area contributed by atoms with Crippen LogP contribution >= 0.6 is 31.9 Å². The van der Waals surface area contributed by atoms with Crippen LogP contribution in [0.25, 0.3) is 0 Å². The fraction of sp³-hybridized carbons (Fsp3) is 0. The maximum Gasteiger partial charge on any atom is 0.255 e. The normalized spacial score (nSPS) is 10.3. The summed E-state index contributed by atoms with van der Waals surface area (Å²) in [6.07, 6.45) is 0. The Balaban J connectivity index is 2.23. The Morgan fingerprint density at radius 3 is 2.53 bits per heavy atom. The van der Waals surface area contributed by atoms with Crippen LogP contribution in [0.3, 0.4) is 0 Å². The molecule has 0 radical (unpaired) electrons. The van der Waals surface area contributed by atoms with Crippen molar-refractivity contribution in [3.8, 4) is 0 Å². The number of anilines is 2. The van der Waals surface area contributed by atoms with Crippen LogP contribution in [0, 0.1) is 5.82 Å². The van der Waals surface area contributed by atoms with Gasteiger partial charge in [0.1, 0.15) is 5.82 Å². The van der Waals surface area contributed by atoms with Gasteiger partial charge in [0.15, 0.2) is 0 Å². The second kappa shape index (κ2) is 5.71. The fourth-order valence-corrected chi connectivity index (χ4v) is 2.05. The molecule has 2 aromatic carbocycles. The van der Waals surface area contributed by atoms with Gasteiger partial charge in [0.2, 0.25) is 0 Å². The first kappa shape index (κ1) is 14.0. The summed E-state index contributed by atoms with van der Waals surface area (Å²) in [5.41, 5.74) is 6.63. The van der Waals surface area contributed by atoms with Crippen molar-refractivity contribution in [3.63, 3.8) is 0 Å². The number of halogens is 3. The van der Waals surface area contributed by atoms with Crippen LogP contribution in [0.2, 0.25) is 0 Å². The number of rotatable bonds is 2. The summed E-state index contributed by atoms with van der Waals surface area (Å²) in [6.45, 7) is 0. The van der Waals surface area contributed by atoms with Crippen molar-refractivity contribution in [2.75, 3.05) is 11.1 Å². The number of amides is 1. The predicted molar refractivity (Wildman–Crippen MR) is 80.6 cm³/mol. The van der Waals surface area contributed by atoms with Crippen molar-refractivity contribution in [2.45, 2.75) is 0 Å². The summed E-state index contributed by atoms with van der Waals surface area (Å²) >= 11 is 6.39. The van der Waals surface area contributed by atoms with E-state index >= 15 is 0 Å². The molecule has 6 heteroatoms. The molecular formula is C13H9Br2FN2O. The fourth-order valence-electron chi connectivity index (χ4n) is 1.47. The summed E-state index contributed by atoms with van der Waals surface area (Å²) < 4.78 is 14.9. The minimum Gasteiger partial charge on any atom is -0.398 e. The molecule has 0 saturated carbocycles. The van der Waals surface area contributed by atoms with Crippen molar-refractivity contribution in [1.82, 2.24) is 0 Å². The smallest absolute Gasteiger partial charge is 0.255 e. The molecule has 0 aliphatic carbocycles. The second-order valence-corrected chi connectivity index (χ2v) is 5.58. The Morgan fingerprint density at radius 1 is 1.16 bits per heavy atom. The van der Waals surface area contributed by atoms with E-state index < -0.39 is 11.7 Å². The summed E-state index contributed by atoms with van der Waals surface area (Å²) in [5.74, 6) is -0.923. The summed E-state index contributed by atoms with van der Waals surface area (Å²) in [4.78, 5) is 12.0. The zero-order valence-corrected chi connectivity index (χ0v) is 12.8. The number of carbonyl (C=O) groups excluding carboxylic acids is 1. The Kier molecular flexibility index (Phi) is 4.21. The Labute approximate surface area is 126 Å². The molecule has 0 heterocycles. The van der Waals surface area contributed by atoms with Gasteiger partial charge in [0.05, 0.1) is 5.69 Å². The molecule has 0 fully saturated rings. The maximum atomic E-state index is 13.6. The minimum absolute atomic E-state index is 0.120. The third-order valence-corrected chi connectivity index (χ3v) is 3.65. The first-order valence-corrected chi connectivity index (χ1v) is 6.87. The molecule has 0 bridgehead atoms. The molecule has 1 amide bonds. The van der Waals surface area contributed by atoms with E-state index in [2.05, 4.69) is 37.2 Å². The lowest BCUT2D eigenvalue weighted by Gasteiger charge is -2.08. The van der Waals surface area contributed by atoms with Gasteiger partial charge < -0.3 is 11.1 Å². The standard InChI is InChI=1S/C13H9Br2FN2O/c14-8-2-4-12(10(16)6-8)18-13(19)7-1-3-9(15)11(17)5-7/h1-6H,17H2,(H,18,19). The SMILES string of the molecule is Nc1cc(C(=O)Nc2ccc(Br)cc2F)ccc1Br. The van der Waals surface area contributed by atoms with Crippen LogP contribution in [0.5, 0.6) is 0 Å². The van der Waals surface area contributed by atoms with Crippen molar-refractivity contribution in [3.05, 3.63) is 56.7 Å². The van der Waals surface area contributed by atoms with Crippen molar-refractivity contribution >= 4 is 49.1 Å².